The average molecular weight is 266 g/mol. The summed E-state index contributed by atoms with van der Waals surface area (Å²) in [5.74, 6) is 0. The fourth-order valence-corrected chi connectivity index (χ4v) is 2.32. The zero-order valence-electron chi connectivity index (χ0n) is 9.48. The highest BCUT2D eigenvalue weighted by Crippen LogP contribution is 2.42. The smallest absolute Gasteiger partial charge is 0.295 e. The number of hydrogen-bond acceptors (Lipinski definition) is 8. The van der Waals surface area contributed by atoms with Gasteiger partial charge < -0.3 is 19.9 Å². The van der Waals surface area contributed by atoms with Crippen molar-refractivity contribution in [1.29, 1.82) is 0 Å². The van der Waals surface area contributed by atoms with E-state index in [-0.39, 0.29) is 12.8 Å². The van der Waals surface area contributed by atoms with Gasteiger partial charge in [-0.3, -0.25) is 0 Å². The van der Waals surface area contributed by atoms with Crippen LogP contribution in [0.15, 0.2) is 0 Å². The first-order chi connectivity index (χ1) is 8.41. The Morgan fingerprint density at radius 2 is 1.28 bits per heavy atom. The Morgan fingerprint density at radius 3 is 1.50 bits per heavy atom. The van der Waals surface area contributed by atoms with Crippen molar-refractivity contribution in [2.45, 2.75) is 36.9 Å². The molecule has 0 aliphatic heterocycles. The molecule has 104 valence electrons. The summed E-state index contributed by atoms with van der Waals surface area (Å²) in [5.41, 5.74) is -3.84. The molecule has 0 aromatic heterocycles. The van der Waals surface area contributed by atoms with E-state index in [4.69, 9.17) is 0 Å². The molecule has 0 heterocycles. The number of rotatable bonds is 6. The minimum atomic E-state index is -1.92. The molecule has 18 heavy (non-hydrogen) atoms. The molecule has 1 saturated carbocycles. The highest BCUT2D eigenvalue weighted by Gasteiger charge is 2.58. The quantitative estimate of drug-likeness (QED) is 0.480. The summed E-state index contributed by atoms with van der Waals surface area (Å²) in [6, 6.07) is 0. The van der Waals surface area contributed by atoms with Crippen LogP contribution in [0.1, 0.15) is 25.7 Å². The van der Waals surface area contributed by atoms with E-state index in [1.165, 1.54) is 0 Å². The van der Waals surface area contributed by atoms with Crippen molar-refractivity contribution in [2.24, 2.45) is 0 Å². The van der Waals surface area contributed by atoms with Crippen molar-refractivity contribution in [3.05, 3.63) is 20.2 Å². The summed E-state index contributed by atoms with van der Waals surface area (Å²) >= 11 is 0. The average Bonchev–Trinajstić information content (AvgIpc) is 2.30. The Morgan fingerprint density at radius 1 is 0.944 bits per heavy atom. The zero-order chi connectivity index (χ0) is 13.8. The van der Waals surface area contributed by atoms with Crippen LogP contribution < -0.4 is 0 Å². The molecule has 1 fully saturated rings. The lowest BCUT2D eigenvalue weighted by molar-refractivity contribution is -0.824. The van der Waals surface area contributed by atoms with Crippen molar-refractivity contribution in [2.75, 3.05) is 13.2 Å². The van der Waals surface area contributed by atoms with Gasteiger partial charge in [0.05, 0.1) is 13.2 Å². The normalized spacial score (nSPS) is 31.7. The Bertz CT molecular complexity index is 305. The minimum Gasteiger partial charge on any atom is -0.394 e. The van der Waals surface area contributed by atoms with E-state index in [2.05, 4.69) is 9.68 Å². The molecule has 1 aliphatic carbocycles. The van der Waals surface area contributed by atoms with Gasteiger partial charge in [-0.2, -0.15) is 0 Å². The maximum Gasteiger partial charge on any atom is 0.295 e. The van der Waals surface area contributed by atoms with E-state index in [9.17, 15) is 30.4 Å². The Hall–Kier alpha value is -1.68. The zero-order valence-corrected chi connectivity index (χ0v) is 9.48. The topological polar surface area (TPSA) is 145 Å². The van der Waals surface area contributed by atoms with Gasteiger partial charge in [0.15, 0.2) is 11.2 Å². The molecule has 10 nitrogen and oxygen atoms in total. The summed E-state index contributed by atoms with van der Waals surface area (Å²) in [7, 11) is 0. The van der Waals surface area contributed by atoms with Gasteiger partial charge in [-0.15, -0.1) is 20.2 Å². The Balaban J connectivity index is 3.13. The monoisotopic (exact) mass is 266 g/mol. The second-order valence-corrected chi connectivity index (χ2v) is 4.14. The molecule has 2 N–H and O–H groups in total. The van der Waals surface area contributed by atoms with E-state index < -0.39 is 34.6 Å². The van der Waals surface area contributed by atoms with Crippen LogP contribution in [-0.2, 0) is 9.68 Å². The van der Waals surface area contributed by atoms with Gasteiger partial charge in [0, 0.05) is 0 Å². The Kier molecular flexibility index (Phi) is 4.24. The molecule has 10 heteroatoms. The highest BCUT2D eigenvalue weighted by atomic mass is 17.0. The lowest BCUT2D eigenvalue weighted by Crippen LogP contribution is -2.65. The van der Waals surface area contributed by atoms with E-state index in [1.54, 1.807) is 0 Å². The second kappa shape index (κ2) is 5.31. The molecule has 0 aromatic rings. The highest BCUT2D eigenvalue weighted by molar-refractivity contribution is 5.03. The first-order valence-electron chi connectivity index (χ1n) is 5.30. The third kappa shape index (κ3) is 2.43. The van der Waals surface area contributed by atoms with Crippen LogP contribution >= 0.6 is 0 Å². The molecular formula is C8H14N2O8. The van der Waals surface area contributed by atoms with Crippen LogP contribution in [0.25, 0.3) is 0 Å². The van der Waals surface area contributed by atoms with Gasteiger partial charge in [0.1, 0.15) is 0 Å². The van der Waals surface area contributed by atoms with Crippen molar-refractivity contribution in [3.63, 3.8) is 0 Å². The fraction of sp³-hybridized carbons (Fsp3) is 1.00. The molecule has 0 bridgehead atoms. The summed E-state index contributed by atoms with van der Waals surface area (Å²) < 4.78 is 0. The molecular weight excluding hydrogens is 252 g/mol. The van der Waals surface area contributed by atoms with E-state index in [0.29, 0.717) is 12.8 Å². The van der Waals surface area contributed by atoms with Gasteiger partial charge in [-0.25, -0.2) is 0 Å². The molecule has 1 aliphatic rings. The first-order valence-corrected chi connectivity index (χ1v) is 5.30. The summed E-state index contributed by atoms with van der Waals surface area (Å²) in [6.07, 6.45) is 0.909. The Labute approximate surface area is 101 Å². The van der Waals surface area contributed by atoms with Crippen LogP contribution in [0.4, 0.5) is 0 Å². The van der Waals surface area contributed by atoms with E-state index >= 15 is 0 Å². The van der Waals surface area contributed by atoms with Gasteiger partial charge >= 0.3 is 0 Å². The van der Waals surface area contributed by atoms with Gasteiger partial charge in [0.2, 0.25) is 0 Å². The summed E-state index contributed by atoms with van der Waals surface area (Å²) in [4.78, 5) is 29.8. The predicted molar refractivity (Wildman–Crippen MR) is 54.3 cm³/mol. The molecule has 1 rings (SSSR count). The van der Waals surface area contributed by atoms with Crippen molar-refractivity contribution in [1.82, 2.24) is 0 Å². The predicted octanol–water partition coefficient (Wildman–Crippen LogP) is -0.561. The fourth-order valence-electron chi connectivity index (χ4n) is 2.32. The molecule has 0 radical (unpaired) electrons. The van der Waals surface area contributed by atoms with Crippen molar-refractivity contribution >= 4 is 0 Å². The molecule has 0 aromatic carbocycles. The minimum absolute atomic E-state index is 0.0150. The number of hydrogen-bond donors (Lipinski definition) is 2. The van der Waals surface area contributed by atoms with E-state index in [0.717, 1.165) is 0 Å². The third-order valence-electron chi connectivity index (χ3n) is 3.25. The van der Waals surface area contributed by atoms with Gasteiger partial charge in [-0.1, -0.05) is 12.8 Å². The van der Waals surface area contributed by atoms with Gasteiger partial charge in [-0.05, 0) is 12.8 Å². The molecule has 0 amide bonds. The third-order valence-corrected chi connectivity index (χ3v) is 3.25. The first kappa shape index (κ1) is 14.4. The van der Waals surface area contributed by atoms with E-state index in [1.807, 2.05) is 0 Å². The van der Waals surface area contributed by atoms with Crippen LogP contribution in [0, 0.1) is 20.2 Å². The number of nitrogens with zero attached hydrogens (tertiary/aromatic N) is 2. The number of aliphatic hydroxyl groups is 2. The van der Waals surface area contributed by atoms with Gasteiger partial charge in [0.25, 0.3) is 10.2 Å². The molecule has 2 atom stereocenters. The lowest BCUT2D eigenvalue weighted by atomic mass is 9.72. The van der Waals surface area contributed by atoms with Crippen molar-refractivity contribution < 1.29 is 30.1 Å². The molecule has 0 spiro atoms. The van der Waals surface area contributed by atoms with Crippen LogP contribution in [-0.4, -0.2) is 44.8 Å². The van der Waals surface area contributed by atoms with Crippen LogP contribution in [0.3, 0.4) is 0 Å². The second-order valence-electron chi connectivity index (χ2n) is 4.14. The largest absolute Gasteiger partial charge is 0.394 e. The van der Waals surface area contributed by atoms with Crippen LogP contribution in [0.2, 0.25) is 0 Å². The maximum atomic E-state index is 10.5. The number of aliphatic hydroxyl groups excluding tert-OH is 2. The lowest BCUT2D eigenvalue weighted by Gasteiger charge is -2.47. The summed E-state index contributed by atoms with van der Waals surface area (Å²) in [5, 5.41) is 37.3. The van der Waals surface area contributed by atoms with Crippen molar-refractivity contribution in [3.8, 4) is 0 Å². The summed E-state index contributed by atoms with van der Waals surface area (Å²) in [6.45, 7) is -1.72. The maximum absolute atomic E-state index is 10.5. The molecule has 0 saturated heterocycles. The van der Waals surface area contributed by atoms with Crippen LogP contribution in [0.5, 0.6) is 0 Å². The standard InChI is InChI=1S/C8H14N2O8/c11-5-7(17-9(13)14)3-1-2-4-8(7,6-12)18-10(15)16/h11-12H,1-6H2. The SMILES string of the molecule is O=[N+]([O-])OC1(CO)CCCCC1(CO)O[N+](=O)[O-]. The molecule has 2 unspecified atom stereocenters.